The molecule has 2 N–H and O–H groups in total. The van der Waals surface area contributed by atoms with Crippen LogP contribution in [0.5, 0.6) is 5.75 Å². The number of nitrogens with zero attached hydrogens (tertiary/aromatic N) is 5. The number of pyridine rings is 1. The number of benzene rings is 1. The van der Waals surface area contributed by atoms with E-state index in [0.717, 1.165) is 55.8 Å². The average molecular weight is 563 g/mol. The molecule has 3 aromatic rings. The van der Waals surface area contributed by atoms with E-state index in [-0.39, 0.29) is 24.0 Å². The standard InChI is InChI=1S/C24H33N7O.HI/c1-25-24(26-14-13-23-29-28-22-8-4-7-17-31(22)23)27-18-21(30-15-5-3-6-16-30)19-9-11-20(32-2)12-10-19;/h4,7-12,17,21H,3,5-6,13-16,18H2,1-2H3,(H2,25,26,27);1H. The topological polar surface area (TPSA) is 79.1 Å². The molecule has 178 valence electrons. The number of ether oxygens (including phenoxy) is 1. The Morgan fingerprint density at radius 3 is 2.58 bits per heavy atom. The van der Waals surface area contributed by atoms with Gasteiger partial charge in [-0.25, -0.2) is 0 Å². The monoisotopic (exact) mass is 563 g/mol. The van der Waals surface area contributed by atoms with Gasteiger partial charge in [0, 0.05) is 32.8 Å². The summed E-state index contributed by atoms with van der Waals surface area (Å²) in [6.07, 6.45) is 6.59. The van der Waals surface area contributed by atoms with Crippen LogP contribution in [0.2, 0.25) is 0 Å². The Labute approximate surface area is 212 Å². The van der Waals surface area contributed by atoms with Crippen molar-refractivity contribution < 1.29 is 4.74 Å². The van der Waals surface area contributed by atoms with Gasteiger partial charge in [0.25, 0.3) is 0 Å². The number of piperidine rings is 1. The van der Waals surface area contributed by atoms with E-state index in [1.165, 1.54) is 24.8 Å². The van der Waals surface area contributed by atoms with Crippen LogP contribution in [0, 0.1) is 0 Å². The van der Waals surface area contributed by atoms with Gasteiger partial charge in [-0.05, 0) is 55.8 Å². The van der Waals surface area contributed by atoms with Gasteiger partial charge in [-0.15, -0.1) is 34.2 Å². The van der Waals surface area contributed by atoms with Crippen LogP contribution in [0.25, 0.3) is 5.65 Å². The predicted octanol–water partition coefficient (Wildman–Crippen LogP) is 3.29. The predicted molar refractivity (Wildman–Crippen MR) is 143 cm³/mol. The van der Waals surface area contributed by atoms with Gasteiger partial charge >= 0.3 is 0 Å². The number of nitrogens with one attached hydrogen (secondary N) is 2. The summed E-state index contributed by atoms with van der Waals surface area (Å²) < 4.78 is 7.36. The molecular weight excluding hydrogens is 529 g/mol. The number of guanidine groups is 1. The Morgan fingerprint density at radius 2 is 1.85 bits per heavy atom. The van der Waals surface area contributed by atoms with E-state index >= 15 is 0 Å². The molecule has 0 amide bonds. The smallest absolute Gasteiger partial charge is 0.191 e. The first-order valence-corrected chi connectivity index (χ1v) is 11.4. The summed E-state index contributed by atoms with van der Waals surface area (Å²) in [5, 5.41) is 15.5. The van der Waals surface area contributed by atoms with Gasteiger partial charge in [0.05, 0.1) is 13.2 Å². The lowest BCUT2D eigenvalue weighted by molar-refractivity contribution is 0.164. The molecule has 3 heterocycles. The van der Waals surface area contributed by atoms with Crippen molar-refractivity contribution in [2.75, 3.05) is 40.3 Å². The quantitative estimate of drug-likeness (QED) is 0.249. The fourth-order valence-corrected chi connectivity index (χ4v) is 4.28. The summed E-state index contributed by atoms with van der Waals surface area (Å²) >= 11 is 0. The number of fused-ring (bicyclic) bond motifs is 1. The highest BCUT2D eigenvalue weighted by molar-refractivity contribution is 14.0. The molecule has 1 aliphatic rings. The lowest BCUT2D eigenvalue weighted by Crippen LogP contribution is -2.44. The van der Waals surface area contributed by atoms with Crippen LogP contribution >= 0.6 is 24.0 Å². The first kappa shape index (κ1) is 25.2. The molecule has 1 unspecified atom stereocenters. The fraction of sp³-hybridized carbons (Fsp3) is 0.458. The second-order valence-electron chi connectivity index (χ2n) is 8.06. The summed E-state index contributed by atoms with van der Waals surface area (Å²) in [4.78, 5) is 7.00. The number of halogens is 1. The highest BCUT2D eigenvalue weighted by Crippen LogP contribution is 2.25. The molecule has 0 radical (unpaired) electrons. The van der Waals surface area contributed by atoms with Crippen molar-refractivity contribution in [2.45, 2.75) is 31.7 Å². The highest BCUT2D eigenvalue weighted by Gasteiger charge is 2.22. The molecule has 1 saturated heterocycles. The Kier molecular flexibility index (Phi) is 9.74. The number of aliphatic imine (C=N–C) groups is 1. The van der Waals surface area contributed by atoms with E-state index in [4.69, 9.17) is 4.74 Å². The first-order chi connectivity index (χ1) is 15.8. The van der Waals surface area contributed by atoms with Crippen molar-refractivity contribution in [1.29, 1.82) is 0 Å². The zero-order chi connectivity index (χ0) is 22.2. The lowest BCUT2D eigenvalue weighted by Gasteiger charge is -2.35. The molecular formula is C24H34IN7O. The molecule has 9 heteroatoms. The molecule has 1 fully saturated rings. The molecule has 1 aromatic carbocycles. The van der Waals surface area contributed by atoms with Gasteiger partial charge in [0.15, 0.2) is 11.6 Å². The SMILES string of the molecule is CN=C(NCCc1nnc2ccccn12)NCC(c1ccc(OC)cc1)N1CCCCC1.I. The maximum Gasteiger partial charge on any atom is 0.191 e. The van der Waals surface area contributed by atoms with E-state index in [9.17, 15) is 0 Å². The normalized spacial score (nSPS) is 15.6. The molecule has 1 atom stereocenters. The van der Waals surface area contributed by atoms with E-state index in [1.807, 2.05) is 48.0 Å². The van der Waals surface area contributed by atoms with E-state index < -0.39 is 0 Å². The second-order valence-corrected chi connectivity index (χ2v) is 8.06. The zero-order valence-corrected chi connectivity index (χ0v) is 21.7. The molecule has 4 rings (SSSR count). The number of methoxy groups -OCH3 is 1. The zero-order valence-electron chi connectivity index (χ0n) is 19.4. The van der Waals surface area contributed by atoms with Gasteiger partial charge in [0.2, 0.25) is 0 Å². The van der Waals surface area contributed by atoms with Crippen LogP contribution in [0.4, 0.5) is 0 Å². The third-order valence-electron chi connectivity index (χ3n) is 6.04. The van der Waals surface area contributed by atoms with Crippen molar-refractivity contribution in [1.82, 2.24) is 30.1 Å². The summed E-state index contributed by atoms with van der Waals surface area (Å²) in [7, 11) is 3.52. The second kappa shape index (κ2) is 12.7. The van der Waals surface area contributed by atoms with E-state index in [1.54, 1.807) is 7.11 Å². The molecule has 0 bridgehead atoms. The van der Waals surface area contributed by atoms with Gasteiger partial charge < -0.3 is 15.4 Å². The highest BCUT2D eigenvalue weighted by atomic mass is 127. The van der Waals surface area contributed by atoms with Crippen molar-refractivity contribution in [3.05, 3.63) is 60.0 Å². The minimum atomic E-state index is 0. The van der Waals surface area contributed by atoms with E-state index in [0.29, 0.717) is 6.04 Å². The maximum absolute atomic E-state index is 5.34. The lowest BCUT2D eigenvalue weighted by atomic mass is 10.0. The fourth-order valence-electron chi connectivity index (χ4n) is 4.28. The summed E-state index contributed by atoms with van der Waals surface area (Å²) in [5.74, 6) is 2.62. The van der Waals surface area contributed by atoms with Crippen molar-refractivity contribution in [3.63, 3.8) is 0 Å². The number of aromatic nitrogens is 3. The minimum Gasteiger partial charge on any atom is -0.497 e. The molecule has 1 aliphatic heterocycles. The van der Waals surface area contributed by atoms with Gasteiger partial charge in [0.1, 0.15) is 11.6 Å². The first-order valence-electron chi connectivity index (χ1n) is 11.4. The van der Waals surface area contributed by atoms with Crippen LogP contribution in [0.15, 0.2) is 53.7 Å². The van der Waals surface area contributed by atoms with Crippen LogP contribution in [-0.4, -0.2) is 65.8 Å². The number of rotatable bonds is 8. The Hall–Kier alpha value is -2.40. The number of likely N-dealkylation sites (tertiary alicyclic amines) is 1. The van der Waals surface area contributed by atoms with Crippen LogP contribution in [0.3, 0.4) is 0 Å². The number of hydrogen-bond donors (Lipinski definition) is 2. The third-order valence-corrected chi connectivity index (χ3v) is 6.04. The van der Waals surface area contributed by atoms with Crippen LogP contribution in [-0.2, 0) is 6.42 Å². The van der Waals surface area contributed by atoms with E-state index in [2.05, 4.69) is 42.9 Å². The Balaban J connectivity index is 0.00000306. The van der Waals surface area contributed by atoms with Crippen molar-refractivity contribution in [3.8, 4) is 5.75 Å². The molecule has 0 spiro atoms. The van der Waals surface area contributed by atoms with Crippen molar-refractivity contribution in [2.24, 2.45) is 4.99 Å². The minimum absolute atomic E-state index is 0. The molecule has 33 heavy (non-hydrogen) atoms. The van der Waals surface area contributed by atoms with Gasteiger partial charge in [-0.3, -0.25) is 14.3 Å². The largest absolute Gasteiger partial charge is 0.497 e. The van der Waals surface area contributed by atoms with Gasteiger partial charge in [-0.1, -0.05) is 24.6 Å². The Morgan fingerprint density at radius 1 is 1.06 bits per heavy atom. The summed E-state index contributed by atoms with van der Waals surface area (Å²) in [6.45, 7) is 3.78. The van der Waals surface area contributed by atoms with Gasteiger partial charge in [-0.2, -0.15) is 0 Å². The average Bonchev–Trinajstić information content (AvgIpc) is 3.27. The molecule has 8 nitrogen and oxygen atoms in total. The van der Waals surface area contributed by atoms with Crippen LogP contribution in [0.1, 0.15) is 36.7 Å². The number of hydrogen-bond acceptors (Lipinski definition) is 5. The molecule has 0 aliphatic carbocycles. The summed E-state index contributed by atoms with van der Waals surface area (Å²) in [6, 6.07) is 14.7. The summed E-state index contributed by atoms with van der Waals surface area (Å²) in [5.41, 5.74) is 2.17. The molecule has 0 saturated carbocycles. The van der Waals surface area contributed by atoms with Crippen LogP contribution < -0.4 is 15.4 Å². The third kappa shape index (κ3) is 6.57. The maximum atomic E-state index is 5.34. The Bertz CT molecular complexity index is 1020. The molecule has 2 aromatic heterocycles. The van der Waals surface area contributed by atoms with Crippen molar-refractivity contribution >= 4 is 35.6 Å².